The Balaban J connectivity index is 1.19. The summed E-state index contributed by atoms with van der Waals surface area (Å²) in [5.41, 5.74) is 3.35. The van der Waals surface area contributed by atoms with Crippen LogP contribution in [-0.2, 0) is 4.74 Å². The Kier molecular flexibility index (Phi) is 5.51. The van der Waals surface area contributed by atoms with Crippen molar-refractivity contribution < 1.29 is 13.9 Å². The lowest BCUT2D eigenvalue weighted by Crippen LogP contribution is -2.47. The van der Waals surface area contributed by atoms with E-state index in [4.69, 9.17) is 9.15 Å². The number of benzene rings is 1. The summed E-state index contributed by atoms with van der Waals surface area (Å²) in [7, 11) is 0. The van der Waals surface area contributed by atoms with E-state index in [1.54, 1.807) is 12.5 Å². The molecular weight excluding hydrogens is 378 g/mol. The van der Waals surface area contributed by atoms with Crippen molar-refractivity contribution in [3.05, 3.63) is 54.4 Å². The second-order valence-corrected chi connectivity index (χ2v) is 8.20. The van der Waals surface area contributed by atoms with Crippen LogP contribution in [0.2, 0.25) is 0 Å². The molecule has 0 bridgehead atoms. The quantitative estimate of drug-likeness (QED) is 0.714. The fourth-order valence-electron chi connectivity index (χ4n) is 4.70. The number of amides is 1. The molecule has 0 unspecified atom stereocenters. The summed E-state index contributed by atoms with van der Waals surface area (Å²) in [5, 5.41) is 4.21. The molecule has 0 radical (unpaired) electrons. The Morgan fingerprint density at radius 3 is 2.53 bits per heavy atom. The van der Waals surface area contributed by atoms with Crippen LogP contribution < -0.4 is 5.32 Å². The number of rotatable bonds is 4. The van der Waals surface area contributed by atoms with Crippen molar-refractivity contribution in [2.24, 2.45) is 0 Å². The van der Waals surface area contributed by atoms with Gasteiger partial charge >= 0.3 is 0 Å². The summed E-state index contributed by atoms with van der Waals surface area (Å²) in [5.74, 6) is 0.00542. The average Bonchev–Trinajstić information content (AvgIpc) is 3.29. The second-order valence-electron chi connectivity index (χ2n) is 8.20. The van der Waals surface area contributed by atoms with Gasteiger partial charge in [0, 0.05) is 47.9 Å². The summed E-state index contributed by atoms with van der Waals surface area (Å²) in [6.07, 6.45) is 7.78. The fraction of sp³-hybridized carbons (Fsp3) is 0.417. The molecule has 1 aromatic carbocycles. The van der Waals surface area contributed by atoms with Crippen LogP contribution in [0.5, 0.6) is 0 Å². The molecule has 5 rings (SSSR count). The number of nitrogens with one attached hydrogen (secondary N) is 1. The average molecular weight is 405 g/mol. The molecule has 1 saturated heterocycles. The molecule has 3 heterocycles. The number of fused-ring (bicyclic) bond motifs is 1. The molecule has 6 nitrogen and oxygen atoms in total. The van der Waals surface area contributed by atoms with E-state index in [9.17, 15) is 4.79 Å². The summed E-state index contributed by atoms with van der Waals surface area (Å²) in [4.78, 5) is 19.8. The van der Waals surface area contributed by atoms with Gasteiger partial charge in [0.25, 0.3) is 5.91 Å². The molecule has 1 saturated carbocycles. The molecule has 1 N–H and O–H groups in total. The standard InChI is InChI=1S/C24H27N3O3/c28-24(26-19-5-7-20(8-6-19)27-12-15-29-16-13-27)18-3-1-17(2-4-18)23-21-10-14-30-22(21)9-11-25-23/h1-4,9-11,14,19-20H,5-8,12-13,15-16H2,(H,26,28)/t19-,20-. The maximum atomic E-state index is 12.7. The Bertz CT molecular complexity index is 1000. The van der Waals surface area contributed by atoms with E-state index >= 15 is 0 Å². The van der Waals surface area contributed by atoms with Gasteiger partial charge in [0.1, 0.15) is 5.58 Å². The topological polar surface area (TPSA) is 67.6 Å². The Morgan fingerprint density at radius 1 is 1.00 bits per heavy atom. The number of aromatic nitrogens is 1. The third-order valence-electron chi connectivity index (χ3n) is 6.39. The van der Waals surface area contributed by atoms with E-state index < -0.39 is 0 Å². The molecule has 0 atom stereocenters. The number of pyridine rings is 1. The number of ether oxygens (including phenoxy) is 1. The van der Waals surface area contributed by atoms with E-state index in [0.29, 0.717) is 11.6 Å². The third-order valence-corrected chi connectivity index (χ3v) is 6.39. The normalized spacial score (nSPS) is 22.8. The molecule has 2 fully saturated rings. The van der Waals surface area contributed by atoms with Crippen LogP contribution in [0, 0.1) is 0 Å². The van der Waals surface area contributed by atoms with E-state index in [1.807, 2.05) is 36.4 Å². The molecule has 6 heteroatoms. The molecule has 156 valence electrons. The smallest absolute Gasteiger partial charge is 0.251 e. The lowest BCUT2D eigenvalue weighted by molar-refractivity contribution is 0.00665. The molecule has 2 aliphatic rings. The molecule has 2 aromatic heterocycles. The maximum absolute atomic E-state index is 12.7. The molecule has 0 spiro atoms. The van der Waals surface area contributed by atoms with Crippen molar-refractivity contribution in [2.75, 3.05) is 26.3 Å². The largest absolute Gasteiger partial charge is 0.464 e. The predicted molar refractivity (Wildman–Crippen MR) is 115 cm³/mol. The van der Waals surface area contributed by atoms with Crippen LogP contribution in [0.25, 0.3) is 22.2 Å². The zero-order valence-electron chi connectivity index (χ0n) is 17.0. The molecule has 1 aliphatic carbocycles. The molecule has 1 aliphatic heterocycles. The van der Waals surface area contributed by atoms with Crippen molar-refractivity contribution in [3.8, 4) is 11.3 Å². The Labute approximate surface area is 176 Å². The summed E-state index contributed by atoms with van der Waals surface area (Å²) >= 11 is 0. The van der Waals surface area contributed by atoms with E-state index in [2.05, 4.69) is 15.2 Å². The van der Waals surface area contributed by atoms with Crippen LogP contribution in [0.1, 0.15) is 36.0 Å². The van der Waals surface area contributed by atoms with E-state index in [0.717, 1.165) is 74.2 Å². The van der Waals surface area contributed by atoms with Crippen LogP contribution >= 0.6 is 0 Å². The summed E-state index contributed by atoms with van der Waals surface area (Å²) in [6, 6.07) is 12.4. The lowest BCUT2D eigenvalue weighted by Gasteiger charge is -2.38. The van der Waals surface area contributed by atoms with Crippen molar-refractivity contribution >= 4 is 16.9 Å². The Morgan fingerprint density at radius 2 is 1.77 bits per heavy atom. The van der Waals surface area contributed by atoms with E-state index in [1.165, 1.54) is 0 Å². The van der Waals surface area contributed by atoms with Gasteiger partial charge in [0.2, 0.25) is 0 Å². The minimum atomic E-state index is 0.00542. The highest BCUT2D eigenvalue weighted by Gasteiger charge is 2.27. The first kappa shape index (κ1) is 19.3. The van der Waals surface area contributed by atoms with E-state index in [-0.39, 0.29) is 11.9 Å². The minimum Gasteiger partial charge on any atom is -0.464 e. The summed E-state index contributed by atoms with van der Waals surface area (Å²) < 4.78 is 10.9. The zero-order valence-corrected chi connectivity index (χ0v) is 17.0. The number of hydrogen-bond donors (Lipinski definition) is 1. The fourth-order valence-corrected chi connectivity index (χ4v) is 4.70. The van der Waals surface area contributed by atoms with Gasteiger partial charge in [0.15, 0.2) is 0 Å². The van der Waals surface area contributed by atoms with Gasteiger partial charge in [-0.15, -0.1) is 0 Å². The molecule has 30 heavy (non-hydrogen) atoms. The molecule has 1 amide bonds. The van der Waals surface area contributed by atoms with Gasteiger partial charge in [-0.1, -0.05) is 12.1 Å². The monoisotopic (exact) mass is 405 g/mol. The zero-order chi connectivity index (χ0) is 20.3. The van der Waals surface area contributed by atoms with Crippen LogP contribution in [0.3, 0.4) is 0 Å². The first-order chi connectivity index (χ1) is 14.8. The molecular formula is C24H27N3O3. The highest BCUT2D eigenvalue weighted by Crippen LogP contribution is 2.28. The summed E-state index contributed by atoms with van der Waals surface area (Å²) in [6.45, 7) is 3.76. The van der Waals surface area contributed by atoms with Crippen LogP contribution in [0.15, 0.2) is 53.3 Å². The van der Waals surface area contributed by atoms with Gasteiger partial charge in [-0.25, -0.2) is 0 Å². The maximum Gasteiger partial charge on any atom is 0.251 e. The second kappa shape index (κ2) is 8.58. The number of hydrogen-bond acceptors (Lipinski definition) is 5. The molecule has 3 aromatic rings. The number of carbonyl (C=O) groups is 1. The minimum absolute atomic E-state index is 0.00542. The number of morpholine rings is 1. The van der Waals surface area contributed by atoms with Gasteiger partial charge < -0.3 is 14.5 Å². The highest BCUT2D eigenvalue weighted by atomic mass is 16.5. The van der Waals surface area contributed by atoms with Crippen LogP contribution in [0.4, 0.5) is 0 Å². The number of carbonyl (C=O) groups excluding carboxylic acids is 1. The third kappa shape index (κ3) is 3.98. The number of nitrogens with zero attached hydrogens (tertiary/aromatic N) is 2. The van der Waals surface area contributed by atoms with Gasteiger partial charge in [-0.3, -0.25) is 14.7 Å². The lowest BCUT2D eigenvalue weighted by atomic mass is 9.89. The van der Waals surface area contributed by atoms with Gasteiger partial charge in [-0.05, 0) is 49.9 Å². The predicted octanol–water partition coefficient (Wildman–Crippen LogP) is 3.87. The van der Waals surface area contributed by atoms with Gasteiger partial charge in [0.05, 0.1) is 25.2 Å². The first-order valence-electron chi connectivity index (χ1n) is 10.8. The van der Waals surface area contributed by atoms with Crippen molar-refractivity contribution in [1.82, 2.24) is 15.2 Å². The van der Waals surface area contributed by atoms with Crippen molar-refractivity contribution in [1.29, 1.82) is 0 Å². The first-order valence-corrected chi connectivity index (χ1v) is 10.8. The van der Waals surface area contributed by atoms with Crippen LogP contribution in [-0.4, -0.2) is 54.2 Å². The Hall–Kier alpha value is -2.70. The van der Waals surface area contributed by atoms with Gasteiger partial charge in [-0.2, -0.15) is 0 Å². The van der Waals surface area contributed by atoms with Crippen molar-refractivity contribution in [3.63, 3.8) is 0 Å². The van der Waals surface area contributed by atoms with Crippen molar-refractivity contribution in [2.45, 2.75) is 37.8 Å². The number of furan rings is 1. The SMILES string of the molecule is O=C(N[C@H]1CC[C@H](N2CCOCC2)CC1)c1ccc(-c2nccc3occc23)cc1. The highest BCUT2D eigenvalue weighted by molar-refractivity contribution is 5.96.